The van der Waals surface area contributed by atoms with E-state index in [2.05, 4.69) is 27.9 Å². The number of nitrogens with one attached hydrogen (secondary N) is 1. The molecule has 1 fully saturated rings. The minimum atomic E-state index is -0.754. The first-order chi connectivity index (χ1) is 6.14. The lowest BCUT2D eigenvalue weighted by atomic mass is 10.0. The van der Waals surface area contributed by atoms with E-state index in [1.54, 1.807) is 0 Å². The Morgan fingerprint density at radius 3 is 3.00 bits per heavy atom. The highest BCUT2D eigenvalue weighted by Gasteiger charge is 2.47. The molecule has 1 spiro atoms. The maximum Gasteiger partial charge on any atom is 0.271 e. The Balaban J connectivity index is 2.28. The predicted octanol–water partition coefficient (Wildman–Crippen LogP) is 0.916. The van der Waals surface area contributed by atoms with Gasteiger partial charge in [0.05, 0.1) is 18.9 Å². The molecule has 72 valence electrons. The van der Waals surface area contributed by atoms with E-state index in [-0.39, 0.29) is 5.91 Å². The van der Waals surface area contributed by atoms with Gasteiger partial charge in [0.1, 0.15) is 0 Å². The minimum absolute atomic E-state index is 0.0806. The van der Waals surface area contributed by atoms with Gasteiger partial charge in [0.15, 0.2) is 3.77 Å². The minimum Gasteiger partial charge on any atom is -0.467 e. The van der Waals surface area contributed by atoms with Gasteiger partial charge in [-0.2, -0.15) is 0 Å². The van der Waals surface area contributed by atoms with E-state index in [9.17, 15) is 4.79 Å². The molecule has 0 saturated carbocycles. The topological polar surface area (TPSA) is 47.6 Å². The van der Waals surface area contributed by atoms with Gasteiger partial charge in [-0.15, -0.1) is 0 Å². The zero-order valence-electron chi connectivity index (χ0n) is 7.22. The Labute approximate surface area is 89.8 Å². The van der Waals surface area contributed by atoms with Crippen molar-refractivity contribution in [1.29, 1.82) is 0 Å². The number of hydrogen-bond donors (Lipinski definition) is 1. The summed E-state index contributed by atoms with van der Waals surface area (Å²) in [5.74, 6) is -0.0806. The van der Waals surface area contributed by atoms with Gasteiger partial charge in [0, 0.05) is 29.0 Å². The van der Waals surface area contributed by atoms with Gasteiger partial charge in [-0.25, -0.2) is 0 Å². The van der Waals surface area contributed by atoms with E-state index in [1.165, 1.54) is 0 Å². The highest BCUT2D eigenvalue weighted by molar-refractivity contribution is 14.1. The van der Waals surface area contributed by atoms with Crippen LogP contribution < -0.4 is 5.32 Å². The fourth-order valence-electron chi connectivity index (χ4n) is 1.43. The lowest BCUT2D eigenvalue weighted by Gasteiger charge is -2.32. The van der Waals surface area contributed by atoms with Gasteiger partial charge < -0.3 is 14.8 Å². The molecular weight excluding hydrogens is 285 g/mol. The number of hydrogen-bond acceptors (Lipinski definition) is 3. The normalized spacial score (nSPS) is 33.5. The van der Waals surface area contributed by atoms with Gasteiger partial charge in [0.25, 0.3) is 5.91 Å². The van der Waals surface area contributed by atoms with Crippen LogP contribution in [0.2, 0.25) is 0 Å². The van der Waals surface area contributed by atoms with Crippen molar-refractivity contribution in [2.45, 2.75) is 18.9 Å². The highest BCUT2D eigenvalue weighted by Crippen LogP contribution is 2.32. The number of rotatable bonds is 0. The van der Waals surface area contributed by atoms with Crippen LogP contribution in [0.25, 0.3) is 0 Å². The summed E-state index contributed by atoms with van der Waals surface area (Å²) in [7, 11) is 0. The fourth-order valence-corrected chi connectivity index (χ4v) is 1.99. The average molecular weight is 295 g/mol. The van der Waals surface area contributed by atoms with Crippen LogP contribution in [0.1, 0.15) is 13.3 Å². The largest absolute Gasteiger partial charge is 0.467 e. The van der Waals surface area contributed by atoms with Crippen LogP contribution >= 0.6 is 22.6 Å². The molecule has 13 heavy (non-hydrogen) atoms. The molecule has 0 aliphatic carbocycles. The van der Waals surface area contributed by atoms with Crippen LogP contribution in [0.15, 0.2) is 9.46 Å². The number of halogens is 1. The van der Waals surface area contributed by atoms with Crippen LogP contribution in [0.3, 0.4) is 0 Å². The van der Waals surface area contributed by atoms with Crippen molar-refractivity contribution in [2.24, 2.45) is 0 Å². The van der Waals surface area contributed by atoms with Crippen molar-refractivity contribution >= 4 is 28.5 Å². The maximum atomic E-state index is 11.6. The zero-order chi connectivity index (χ0) is 9.47. The van der Waals surface area contributed by atoms with Gasteiger partial charge in [-0.3, -0.25) is 4.79 Å². The summed E-state index contributed by atoms with van der Waals surface area (Å²) in [6.45, 7) is 2.78. The Bertz CT molecular complexity index is 281. The number of allylic oxidation sites excluding steroid dienone is 1. The zero-order valence-corrected chi connectivity index (χ0v) is 9.38. The van der Waals surface area contributed by atoms with Gasteiger partial charge in [-0.05, 0) is 6.92 Å². The second kappa shape index (κ2) is 3.13. The molecule has 1 amide bonds. The first kappa shape index (κ1) is 9.26. The molecule has 1 saturated heterocycles. The SMILES string of the molecule is CC1=C(I)O[C@]2(CCOC2)C(=O)N1. The molecular formula is C8H10INO3. The quantitative estimate of drug-likeness (QED) is 0.676. The third kappa shape index (κ3) is 1.43. The summed E-state index contributed by atoms with van der Waals surface area (Å²) in [6, 6.07) is 0. The highest BCUT2D eigenvalue weighted by atomic mass is 127. The number of carbonyl (C=O) groups is 1. The monoisotopic (exact) mass is 295 g/mol. The van der Waals surface area contributed by atoms with E-state index in [1.807, 2.05) is 6.92 Å². The van der Waals surface area contributed by atoms with Crippen LogP contribution in [0, 0.1) is 0 Å². The van der Waals surface area contributed by atoms with Crippen molar-refractivity contribution in [1.82, 2.24) is 5.32 Å². The molecule has 0 aromatic rings. The number of carbonyl (C=O) groups excluding carboxylic acids is 1. The summed E-state index contributed by atoms with van der Waals surface area (Å²) in [4.78, 5) is 11.6. The summed E-state index contributed by atoms with van der Waals surface area (Å²) in [5.41, 5.74) is 0.0267. The Kier molecular flexibility index (Phi) is 2.23. The summed E-state index contributed by atoms with van der Waals surface area (Å²) in [5, 5.41) is 2.79. The second-order valence-electron chi connectivity index (χ2n) is 3.25. The van der Waals surface area contributed by atoms with E-state index >= 15 is 0 Å². The van der Waals surface area contributed by atoms with Crippen LogP contribution in [0.5, 0.6) is 0 Å². The lowest BCUT2D eigenvalue weighted by Crippen LogP contribution is -2.51. The molecule has 2 rings (SSSR count). The number of amides is 1. The van der Waals surface area contributed by atoms with Crippen LogP contribution in [-0.2, 0) is 14.3 Å². The van der Waals surface area contributed by atoms with Gasteiger partial charge >= 0.3 is 0 Å². The van der Waals surface area contributed by atoms with E-state index in [0.717, 1.165) is 9.46 Å². The maximum absolute atomic E-state index is 11.6. The standard InChI is InChI=1S/C8H10INO3/c1-5-6(9)13-8(7(11)10-5)2-3-12-4-8/h2-4H2,1H3,(H,10,11)/t8-/m0/s1. The molecule has 0 aromatic carbocycles. The third-order valence-electron chi connectivity index (χ3n) is 2.28. The molecule has 0 radical (unpaired) electrons. The van der Waals surface area contributed by atoms with Gasteiger partial charge in [0.2, 0.25) is 5.60 Å². The van der Waals surface area contributed by atoms with Crippen LogP contribution in [-0.4, -0.2) is 24.7 Å². The van der Waals surface area contributed by atoms with Crippen molar-refractivity contribution in [3.8, 4) is 0 Å². The molecule has 5 heteroatoms. The first-order valence-electron chi connectivity index (χ1n) is 4.09. The molecule has 0 unspecified atom stereocenters. The average Bonchev–Trinajstić information content (AvgIpc) is 2.51. The third-order valence-corrected chi connectivity index (χ3v) is 3.31. The molecule has 1 atom stereocenters. The lowest BCUT2D eigenvalue weighted by molar-refractivity contribution is -0.142. The molecule has 1 N–H and O–H groups in total. The van der Waals surface area contributed by atoms with E-state index in [0.29, 0.717) is 19.6 Å². The van der Waals surface area contributed by atoms with Crippen molar-refractivity contribution in [3.05, 3.63) is 9.46 Å². The van der Waals surface area contributed by atoms with Crippen molar-refractivity contribution in [3.63, 3.8) is 0 Å². The van der Waals surface area contributed by atoms with E-state index in [4.69, 9.17) is 9.47 Å². The number of ether oxygens (including phenoxy) is 2. The molecule has 2 aliphatic heterocycles. The summed E-state index contributed by atoms with van der Waals surface area (Å²) in [6.07, 6.45) is 0.638. The molecule has 2 heterocycles. The molecule has 4 nitrogen and oxygen atoms in total. The second-order valence-corrected chi connectivity index (χ2v) is 4.23. The van der Waals surface area contributed by atoms with Gasteiger partial charge in [-0.1, -0.05) is 0 Å². The Hall–Kier alpha value is -0.300. The van der Waals surface area contributed by atoms with Crippen molar-refractivity contribution in [2.75, 3.05) is 13.2 Å². The summed E-state index contributed by atoms with van der Waals surface area (Å²) < 4.78 is 11.5. The van der Waals surface area contributed by atoms with E-state index < -0.39 is 5.60 Å². The molecule has 0 aromatic heterocycles. The Morgan fingerprint density at radius 1 is 1.62 bits per heavy atom. The van der Waals surface area contributed by atoms with Crippen molar-refractivity contribution < 1.29 is 14.3 Å². The molecule has 2 aliphatic rings. The van der Waals surface area contributed by atoms with Crippen LogP contribution in [0.4, 0.5) is 0 Å². The fraction of sp³-hybridized carbons (Fsp3) is 0.625. The smallest absolute Gasteiger partial charge is 0.271 e. The molecule has 0 bridgehead atoms. The summed E-state index contributed by atoms with van der Waals surface area (Å²) >= 11 is 2.08. The Morgan fingerprint density at radius 2 is 2.38 bits per heavy atom. The predicted molar refractivity (Wildman–Crippen MR) is 54.1 cm³/mol. The first-order valence-corrected chi connectivity index (χ1v) is 5.16.